The van der Waals surface area contributed by atoms with Crippen LogP contribution in [0, 0.1) is 13.8 Å². The molecule has 0 radical (unpaired) electrons. The van der Waals surface area contributed by atoms with Crippen LogP contribution in [0.1, 0.15) is 41.4 Å². The number of hydrogen-bond donors (Lipinski definition) is 0. The van der Waals surface area contributed by atoms with Crippen molar-refractivity contribution < 1.29 is 13.9 Å². The molecule has 0 N–H and O–H groups in total. The number of rotatable bonds is 3. The van der Waals surface area contributed by atoms with Crippen molar-refractivity contribution in [1.82, 2.24) is 19.9 Å². The van der Waals surface area contributed by atoms with Gasteiger partial charge in [0.1, 0.15) is 17.2 Å². The van der Waals surface area contributed by atoms with E-state index in [0.717, 1.165) is 36.3 Å². The molecule has 5 rings (SSSR count). The first-order valence-electron chi connectivity index (χ1n) is 10.8. The Balaban J connectivity index is 1.28. The maximum absolute atomic E-state index is 13.0. The number of carbonyl (C=O) groups excluding carboxylic acids is 1. The van der Waals surface area contributed by atoms with Gasteiger partial charge in [0.25, 0.3) is 0 Å². The summed E-state index contributed by atoms with van der Waals surface area (Å²) >= 11 is 0. The van der Waals surface area contributed by atoms with Crippen LogP contribution in [0.3, 0.4) is 0 Å². The molecule has 160 valence electrons. The molecule has 7 heteroatoms. The summed E-state index contributed by atoms with van der Waals surface area (Å²) in [6.45, 7) is 5.73. The third-order valence-corrected chi connectivity index (χ3v) is 6.32. The molecule has 1 fully saturated rings. The molecule has 1 aromatic carbocycles. The smallest absolute Gasteiger partial charge is 0.228 e. The largest absolute Gasteiger partial charge is 0.441 e. The molecule has 0 bridgehead atoms. The van der Waals surface area contributed by atoms with E-state index in [1.807, 2.05) is 55.3 Å². The zero-order chi connectivity index (χ0) is 21.4. The van der Waals surface area contributed by atoms with E-state index in [1.165, 1.54) is 5.56 Å². The van der Waals surface area contributed by atoms with Crippen molar-refractivity contribution in [2.75, 3.05) is 19.7 Å². The van der Waals surface area contributed by atoms with Gasteiger partial charge in [-0.05, 0) is 50.8 Å². The predicted octanol–water partition coefficient (Wildman–Crippen LogP) is 3.38. The lowest BCUT2D eigenvalue weighted by Crippen LogP contribution is -2.49. The maximum Gasteiger partial charge on any atom is 0.228 e. The first-order chi connectivity index (χ1) is 15.0. The van der Waals surface area contributed by atoms with E-state index >= 15 is 0 Å². The van der Waals surface area contributed by atoms with E-state index < -0.39 is 5.60 Å². The monoisotopic (exact) mass is 418 g/mol. The number of nitrogens with zero attached hydrogens (tertiary/aromatic N) is 4. The van der Waals surface area contributed by atoms with Crippen LogP contribution in [0.25, 0.3) is 11.5 Å². The number of likely N-dealkylation sites (tertiary alicyclic amines) is 1. The molecule has 31 heavy (non-hydrogen) atoms. The number of piperidine rings is 1. The molecule has 0 aliphatic carbocycles. The van der Waals surface area contributed by atoms with Crippen molar-refractivity contribution in [3.8, 4) is 11.5 Å². The summed E-state index contributed by atoms with van der Waals surface area (Å²) in [6.07, 6.45) is 4.50. The van der Waals surface area contributed by atoms with Crippen molar-refractivity contribution in [3.05, 3.63) is 65.1 Å². The van der Waals surface area contributed by atoms with E-state index in [9.17, 15) is 4.79 Å². The minimum Gasteiger partial charge on any atom is -0.441 e. The number of benzene rings is 1. The lowest BCUT2D eigenvalue weighted by molar-refractivity contribution is -0.140. The normalized spacial score (nSPS) is 17.5. The molecule has 2 aromatic heterocycles. The minimum absolute atomic E-state index is 0.0702. The number of aryl methyl sites for hydroxylation is 2. The summed E-state index contributed by atoms with van der Waals surface area (Å²) in [5.41, 5.74) is 3.39. The van der Waals surface area contributed by atoms with Gasteiger partial charge >= 0.3 is 0 Å². The van der Waals surface area contributed by atoms with Gasteiger partial charge in [0.2, 0.25) is 11.8 Å². The van der Waals surface area contributed by atoms with Crippen molar-refractivity contribution in [2.45, 2.75) is 45.1 Å². The standard InChI is InChI=1S/C24H26N4O3/c1-16-20(27-23(31-16)18-6-4-3-5-7-18)14-21(29)28-11-9-24(10-12-28)22-19(8-13-30-24)15-25-17(2)26-22/h3-7,15H,8-14H2,1-2H3. The van der Waals surface area contributed by atoms with E-state index in [4.69, 9.17) is 14.1 Å². The summed E-state index contributed by atoms with van der Waals surface area (Å²) in [5.74, 6) is 2.08. The van der Waals surface area contributed by atoms with Gasteiger partial charge in [-0.25, -0.2) is 15.0 Å². The minimum atomic E-state index is -0.400. The van der Waals surface area contributed by atoms with Gasteiger partial charge in [0.15, 0.2) is 0 Å². The molecule has 1 spiro atoms. The number of ether oxygens (including phenoxy) is 1. The predicted molar refractivity (Wildman–Crippen MR) is 114 cm³/mol. The van der Waals surface area contributed by atoms with Gasteiger partial charge in [-0.2, -0.15) is 0 Å². The zero-order valence-electron chi connectivity index (χ0n) is 17.9. The third-order valence-electron chi connectivity index (χ3n) is 6.32. The lowest BCUT2D eigenvalue weighted by atomic mass is 9.83. The van der Waals surface area contributed by atoms with E-state index in [-0.39, 0.29) is 12.3 Å². The summed E-state index contributed by atoms with van der Waals surface area (Å²) in [7, 11) is 0. The highest BCUT2D eigenvalue weighted by atomic mass is 16.5. The highest BCUT2D eigenvalue weighted by Gasteiger charge is 2.43. The second-order valence-corrected chi connectivity index (χ2v) is 8.33. The van der Waals surface area contributed by atoms with Gasteiger partial charge in [-0.3, -0.25) is 4.79 Å². The Labute approximate surface area is 181 Å². The molecule has 1 amide bonds. The molecule has 0 atom stereocenters. The van der Waals surface area contributed by atoms with E-state index in [2.05, 4.69) is 9.97 Å². The van der Waals surface area contributed by atoms with Gasteiger partial charge in [0.05, 0.1) is 24.4 Å². The third kappa shape index (κ3) is 3.74. The van der Waals surface area contributed by atoms with Crippen LogP contribution in [-0.4, -0.2) is 45.5 Å². The number of hydrogen-bond acceptors (Lipinski definition) is 6. The van der Waals surface area contributed by atoms with Crippen LogP contribution in [0.4, 0.5) is 0 Å². The van der Waals surface area contributed by atoms with E-state index in [1.54, 1.807) is 0 Å². The molecule has 1 saturated heterocycles. The second kappa shape index (κ2) is 7.89. The maximum atomic E-state index is 13.0. The van der Waals surface area contributed by atoms with Crippen molar-refractivity contribution >= 4 is 5.91 Å². The first kappa shape index (κ1) is 19.9. The van der Waals surface area contributed by atoms with Crippen LogP contribution in [0.5, 0.6) is 0 Å². The Morgan fingerprint density at radius 3 is 2.68 bits per heavy atom. The Bertz CT molecular complexity index is 1100. The van der Waals surface area contributed by atoms with Crippen molar-refractivity contribution in [3.63, 3.8) is 0 Å². The number of carbonyl (C=O) groups is 1. The number of amides is 1. The van der Waals surface area contributed by atoms with Crippen molar-refractivity contribution in [1.29, 1.82) is 0 Å². The average Bonchev–Trinajstić information content (AvgIpc) is 3.16. The van der Waals surface area contributed by atoms with Crippen LogP contribution >= 0.6 is 0 Å². The van der Waals surface area contributed by atoms with Gasteiger partial charge < -0.3 is 14.1 Å². The van der Waals surface area contributed by atoms with Gasteiger partial charge in [-0.1, -0.05) is 18.2 Å². The fraction of sp³-hybridized carbons (Fsp3) is 0.417. The number of fused-ring (bicyclic) bond motifs is 2. The molecule has 0 saturated carbocycles. The molecule has 7 nitrogen and oxygen atoms in total. The highest BCUT2D eigenvalue weighted by Crippen LogP contribution is 2.40. The summed E-state index contributed by atoms with van der Waals surface area (Å²) < 4.78 is 12.1. The Hall–Kier alpha value is -3.06. The molecule has 3 aromatic rings. The van der Waals surface area contributed by atoms with Gasteiger partial charge in [0, 0.05) is 24.8 Å². The fourth-order valence-corrected chi connectivity index (χ4v) is 4.55. The second-order valence-electron chi connectivity index (χ2n) is 8.33. The summed E-state index contributed by atoms with van der Waals surface area (Å²) in [6, 6.07) is 9.75. The highest BCUT2D eigenvalue weighted by molar-refractivity contribution is 5.79. The molecular weight excluding hydrogens is 392 g/mol. The average molecular weight is 418 g/mol. The lowest BCUT2D eigenvalue weighted by Gasteiger charge is -2.44. The molecule has 0 unspecified atom stereocenters. The van der Waals surface area contributed by atoms with Crippen LogP contribution in [-0.2, 0) is 28.0 Å². The van der Waals surface area contributed by atoms with Crippen molar-refractivity contribution in [2.24, 2.45) is 0 Å². The summed E-state index contributed by atoms with van der Waals surface area (Å²) in [5, 5.41) is 0. The van der Waals surface area contributed by atoms with Crippen LogP contribution in [0.2, 0.25) is 0 Å². The number of aromatic nitrogens is 3. The SMILES string of the molecule is Cc1ncc2c(n1)C1(CCN(C(=O)Cc3nc(-c4ccccc4)oc3C)CC1)OCC2. The molecule has 4 heterocycles. The van der Waals surface area contributed by atoms with Crippen LogP contribution < -0.4 is 0 Å². The Kier molecular flexibility index (Phi) is 5.06. The number of oxazole rings is 1. The fourth-order valence-electron chi connectivity index (χ4n) is 4.55. The van der Waals surface area contributed by atoms with Crippen LogP contribution in [0.15, 0.2) is 40.9 Å². The molecular formula is C24H26N4O3. The zero-order valence-corrected chi connectivity index (χ0v) is 17.9. The Morgan fingerprint density at radius 2 is 1.90 bits per heavy atom. The first-order valence-corrected chi connectivity index (χ1v) is 10.8. The van der Waals surface area contributed by atoms with Gasteiger partial charge in [-0.15, -0.1) is 0 Å². The Morgan fingerprint density at radius 1 is 1.13 bits per heavy atom. The summed E-state index contributed by atoms with van der Waals surface area (Å²) in [4.78, 5) is 28.6. The topological polar surface area (TPSA) is 81.4 Å². The van der Waals surface area contributed by atoms with E-state index in [0.29, 0.717) is 37.0 Å². The molecule has 2 aliphatic rings. The molecule has 2 aliphatic heterocycles. The quantitative estimate of drug-likeness (QED) is 0.649.